The van der Waals surface area contributed by atoms with E-state index in [2.05, 4.69) is 10.6 Å². The second-order valence-electron chi connectivity index (χ2n) is 15.0. The molecule has 4 aliphatic rings. The molecular formula is C36H40N2O6. The summed E-state index contributed by atoms with van der Waals surface area (Å²) in [5.41, 5.74) is -1.44. The Balaban J connectivity index is 1.22. The smallest absolute Gasteiger partial charge is 0.239 e. The number of ketones is 4. The number of nitrogens with one attached hydrogen (secondary N) is 2. The summed E-state index contributed by atoms with van der Waals surface area (Å²) < 4.78 is 0. The van der Waals surface area contributed by atoms with Gasteiger partial charge in [0.05, 0.1) is 0 Å². The third-order valence-corrected chi connectivity index (χ3v) is 13.1. The van der Waals surface area contributed by atoms with Crippen LogP contribution in [0.3, 0.4) is 0 Å². The maximum atomic E-state index is 13.7. The van der Waals surface area contributed by atoms with Crippen LogP contribution in [-0.4, -0.2) is 34.9 Å². The monoisotopic (exact) mass is 596 g/mol. The quantitative estimate of drug-likeness (QED) is 0.333. The van der Waals surface area contributed by atoms with Crippen LogP contribution >= 0.6 is 0 Å². The minimum atomic E-state index is -1.37. The lowest BCUT2D eigenvalue weighted by Gasteiger charge is -2.37. The Kier molecular flexibility index (Phi) is 6.04. The number of rotatable bonds is 5. The van der Waals surface area contributed by atoms with Gasteiger partial charge in [0, 0.05) is 22.2 Å². The zero-order valence-corrected chi connectivity index (χ0v) is 26.7. The van der Waals surface area contributed by atoms with Gasteiger partial charge in [-0.3, -0.25) is 28.8 Å². The summed E-state index contributed by atoms with van der Waals surface area (Å²) in [4.78, 5) is 79.2. The fourth-order valence-electron chi connectivity index (χ4n) is 8.97. The Morgan fingerprint density at radius 2 is 0.886 bits per heavy atom. The molecule has 0 radical (unpaired) electrons. The molecule has 4 fully saturated rings. The minimum Gasteiger partial charge on any atom is -0.325 e. The first-order valence-electron chi connectivity index (χ1n) is 15.4. The topological polar surface area (TPSA) is 126 Å². The van der Waals surface area contributed by atoms with Gasteiger partial charge >= 0.3 is 0 Å². The van der Waals surface area contributed by atoms with Gasteiger partial charge in [-0.05, 0) is 96.9 Å². The maximum absolute atomic E-state index is 13.7. The van der Waals surface area contributed by atoms with Gasteiger partial charge in [0.2, 0.25) is 34.9 Å². The van der Waals surface area contributed by atoms with Crippen LogP contribution in [0.1, 0.15) is 78.4 Å². The average molecular weight is 597 g/mol. The van der Waals surface area contributed by atoms with Crippen molar-refractivity contribution in [2.45, 2.75) is 81.1 Å². The molecule has 8 heteroatoms. The fraction of sp³-hybridized carbons (Fsp3) is 0.500. The van der Waals surface area contributed by atoms with E-state index in [4.69, 9.17) is 0 Å². The van der Waals surface area contributed by atoms with Crippen molar-refractivity contribution >= 4 is 46.3 Å². The molecule has 44 heavy (non-hydrogen) atoms. The van der Waals surface area contributed by atoms with Gasteiger partial charge in [-0.25, -0.2) is 0 Å². The summed E-state index contributed by atoms with van der Waals surface area (Å²) in [6, 6.07) is 11.2. The van der Waals surface area contributed by atoms with E-state index in [-0.39, 0.29) is 0 Å². The number of anilines is 2. The van der Waals surface area contributed by atoms with Crippen LogP contribution < -0.4 is 10.6 Å². The van der Waals surface area contributed by atoms with Crippen molar-refractivity contribution in [1.29, 1.82) is 0 Å². The van der Waals surface area contributed by atoms with Crippen molar-refractivity contribution in [3.8, 4) is 11.1 Å². The minimum absolute atomic E-state index is 0.356. The standard InChI is InChI=1S/C36H40N2O6/c1-19-17-21(9-11-23(19)37-29(43)35-15-13-33(7,31(35,3)4)25(39)27(35)41)22-10-12-24(20(2)18-22)38-30(44)36-16-14-34(8,32(36,5)6)26(40)28(36)42/h9-12,17-18H,13-16H2,1-8H3,(H,37,43)(H,38,44). The maximum Gasteiger partial charge on any atom is 0.239 e. The number of carbonyl (C=O) groups excluding carboxylic acids is 6. The molecule has 2 N–H and O–H groups in total. The van der Waals surface area contributed by atoms with Crippen LogP contribution in [0.2, 0.25) is 0 Å². The summed E-state index contributed by atoms with van der Waals surface area (Å²) in [7, 11) is 0. The molecule has 0 aromatic heterocycles. The highest BCUT2D eigenvalue weighted by Crippen LogP contribution is 2.70. The molecule has 0 saturated heterocycles. The van der Waals surface area contributed by atoms with E-state index in [0.29, 0.717) is 37.1 Å². The molecule has 6 rings (SSSR count). The Labute approximate surface area is 257 Å². The second kappa shape index (κ2) is 8.83. The van der Waals surface area contributed by atoms with Crippen LogP contribution in [0.15, 0.2) is 36.4 Å². The number of hydrogen-bond donors (Lipinski definition) is 2. The molecule has 8 nitrogen and oxygen atoms in total. The van der Waals surface area contributed by atoms with Crippen molar-refractivity contribution in [2.24, 2.45) is 32.5 Å². The summed E-state index contributed by atoms with van der Waals surface area (Å²) in [6.07, 6.45) is 1.74. The molecule has 230 valence electrons. The Morgan fingerprint density at radius 3 is 1.16 bits per heavy atom. The lowest BCUT2D eigenvalue weighted by Crippen LogP contribution is -2.47. The van der Waals surface area contributed by atoms with Gasteiger partial charge in [-0.1, -0.05) is 53.7 Å². The molecule has 2 aromatic rings. The lowest BCUT2D eigenvalue weighted by atomic mass is 9.64. The number of fused-ring (bicyclic) bond motifs is 4. The zero-order chi connectivity index (χ0) is 32.4. The largest absolute Gasteiger partial charge is 0.325 e. The van der Waals surface area contributed by atoms with Crippen molar-refractivity contribution in [1.82, 2.24) is 0 Å². The molecule has 4 unspecified atom stereocenters. The van der Waals surface area contributed by atoms with Crippen LogP contribution in [-0.2, 0) is 28.8 Å². The first-order chi connectivity index (χ1) is 20.3. The Hall–Kier alpha value is -3.94. The molecular weight excluding hydrogens is 556 g/mol. The molecule has 4 bridgehead atoms. The van der Waals surface area contributed by atoms with Gasteiger partial charge in [0.1, 0.15) is 10.8 Å². The van der Waals surface area contributed by atoms with Crippen LogP contribution in [0.5, 0.6) is 0 Å². The summed E-state index contributed by atoms with van der Waals surface area (Å²) in [5, 5.41) is 5.92. The van der Waals surface area contributed by atoms with Crippen molar-refractivity contribution < 1.29 is 28.8 Å². The summed E-state index contributed by atoms with van der Waals surface area (Å²) in [5.74, 6) is -2.92. The number of amides is 2. The van der Waals surface area contributed by atoms with E-state index >= 15 is 0 Å². The highest BCUT2D eigenvalue weighted by molar-refractivity contribution is 6.49. The SMILES string of the molecule is Cc1cc(-c2ccc(NC(=O)C34CCC(C)(C(=O)C3=O)C4(C)C)c(C)c2)ccc1NC(=O)C12CCC(C)(C(=O)C1=O)C2(C)C. The molecule has 0 aliphatic heterocycles. The number of hydrogen-bond acceptors (Lipinski definition) is 6. The van der Waals surface area contributed by atoms with E-state index < -0.39 is 67.4 Å². The normalized spacial score (nSPS) is 32.8. The van der Waals surface area contributed by atoms with E-state index in [0.717, 1.165) is 22.3 Å². The highest BCUT2D eigenvalue weighted by atomic mass is 16.2. The van der Waals surface area contributed by atoms with Gasteiger partial charge in [0.25, 0.3) is 0 Å². The fourth-order valence-corrected chi connectivity index (χ4v) is 8.97. The number of carbonyl (C=O) groups is 6. The molecule has 4 saturated carbocycles. The van der Waals surface area contributed by atoms with E-state index in [1.165, 1.54) is 0 Å². The third kappa shape index (κ3) is 3.19. The van der Waals surface area contributed by atoms with E-state index in [1.807, 2.05) is 65.8 Å². The zero-order valence-electron chi connectivity index (χ0n) is 26.7. The van der Waals surface area contributed by atoms with Crippen molar-refractivity contribution in [3.63, 3.8) is 0 Å². The predicted molar refractivity (Wildman–Crippen MR) is 166 cm³/mol. The third-order valence-electron chi connectivity index (χ3n) is 13.1. The summed E-state index contributed by atoms with van der Waals surface area (Å²) >= 11 is 0. The molecule has 0 heterocycles. The van der Waals surface area contributed by atoms with Gasteiger partial charge < -0.3 is 10.6 Å². The second-order valence-corrected chi connectivity index (χ2v) is 15.0. The van der Waals surface area contributed by atoms with E-state index in [1.54, 1.807) is 26.0 Å². The highest BCUT2D eigenvalue weighted by Gasteiger charge is 2.79. The number of aryl methyl sites for hydroxylation is 2. The molecule has 4 aliphatic carbocycles. The summed E-state index contributed by atoms with van der Waals surface area (Å²) in [6.45, 7) is 14.8. The van der Waals surface area contributed by atoms with Crippen LogP contribution in [0.4, 0.5) is 11.4 Å². The average Bonchev–Trinajstić information content (AvgIpc) is 3.40. The lowest BCUT2D eigenvalue weighted by molar-refractivity contribution is -0.147. The Morgan fingerprint density at radius 1 is 0.545 bits per heavy atom. The Bertz CT molecular complexity index is 1620. The molecule has 2 aromatic carbocycles. The first-order valence-corrected chi connectivity index (χ1v) is 15.4. The molecule has 0 spiro atoms. The molecule has 2 amide bonds. The number of Topliss-reactive ketones (excluding diaryl/α,β-unsaturated/α-hetero) is 4. The number of benzene rings is 2. The van der Waals surface area contributed by atoms with Crippen LogP contribution in [0, 0.1) is 46.3 Å². The van der Waals surface area contributed by atoms with Crippen LogP contribution in [0.25, 0.3) is 11.1 Å². The predicted octanol–water partition coefficient (Wildman–Crippen LogP) is 5.78. The first kappa shape index (κ1) is 30.1. The van der Waals surface area contributed by atoms with Crippen molar-refractivity contribution in [2.75, 3.05) is 10.6 Å². The van der Waals surface area contributed by atoms with Gasteiger partial charge in [-0.2, -0.15) is 0 Å². The van der Waals surface area contributed by atoms with Gasteiger partial charge in [0.15, 0.2) is 0 Å². The van der Waals surface area contributed by atoms with Crippen molar-refractivity contribution in [3.05, 3.63) is 47.5 Å². The van der Waals surface area contributed by atoms with E-state index in [9.17, 15) is 28.8 Å². The molecule has 4 atom stereocenters. The van der Waals surface area contributed by atoms with Gasteiger partial charge in [-0.15, -0.1) is 0 Å².